The smallest absolute Gasteiger partial charge is 0.256 e. The number of nitrogens with one attached hydrogen (secondary N) is 2. The van der Waals surface area contributed by atoms with E-state index in [-0.39, 0.29) is 24.0 Å². The van der Waals surface area contributed by atoms with Gasteiger partial charge >= 0.3 is 0 Å². The molecule has 2 aromatic rings. The van der Waals surface area contributed by atoms with Crippen LogP contribution in [0.5, 0.6) is 0 Å². The van der Waals surface area contributed by atoms with Crippen molar-refractivity contribution in [2.75, 3.05) is 36.0 Å². The first-order valence-electron chi connectivity index (χ1n) is 6.50. The molecule has 0 spiro atoms. The van der Waals surface area contributed by atoms with Gasteiger partial charge < -0.3 is 28.9 Å². The molecule has 7 heteroatoms. The topological polar surface area (TPSA) is 54.8 Å². The summed E-state index contributed by atoms with van der Waals surface area (Å²) >= 11 is 0. The zero-order chi connectivity index (χ0) is 13.9. The van der Waals surface area contributed by atoms with Crippen molar-refractivity contribution < 1.29 is 33.8 Å². The lowest BCUT2D eigenvalue weighted by atomic mass is 10.2. The quantitative estimate of drug-likeness (QED) is 0.490. The van der Waals surface area contributed by atoms with E-state index in [0.29, 0.717) is 6.61 Å². The number of H-pyrrole nitrogens is 1. The Morgan fingerprint density at radius 2 is 2.00 bits per heavy atom. The molecular formula is C14H18IN5O. The SMILES string of the molecule is CN1CN(C)c2c(NOCc3ccccc3)nc[nH+]c21.[I-]. The van der Waals surface area contributed by atoms with Crippen molar-refractivity contribution >= 4 is 17.3 Å². The average Bonchev–Trinajstić information content (AvgIpc) is 2.76. The molecule has 2 N–H and O–H groups in total. The van der Waals surface area contributed by atoms with Gasteiger partial charge in [0.15, 0.2) is 5.69 Å². The lowest BCUT2D eigenvalue weighted by Crippen LogP contribution is -3.00. The highest BCUT2D eigenvalue weighted by atomic mass is 127. The van der Waals surface area contributed by atoms with E-state index in [2.05, 4.69) is 25.2 Å². The maximum atomic E-state index is 5.54. The molecule has 0 aliphatic carbocycles. The minimum atomic E-state index is 0. The van der Waals surface area contributed by atoms with Gasteiger partial charge in [-0.25, -0.2) is 10.5 Å². The summed E-state index contributed by atoms with van der Waals surface area (Å²) in [5.74, 6) is 1.76. The summed E-state index contributed by atoms with van der Waals surface area (Å²) in [6, 6.07) is 10.0. The Morgan fingerprint density at radius 3 is 2.76 bits per heavy atom. The third-order valence-corrected chi connectivity index (χ3v) is 3.28. The van der Waals surface area contributed by atoms with Gasteiger partial charge in [-0.2, -0.15) is 0 Å². The maximum absolute atomic E-state index is 5.54. The molecule has 112 valence electrons. The summed E-state index contributed by atoms with van der Waals surface area (Å²) in [5.41, 5.74) is 5.08. The highest BCUT2D eigenvalue weighted by Crippen LogP contribution is 2.34. The van der Waals surface area contributed by atoms with E-state index < -0.39 is 0 Å². The largest absolute Gasteiger partial charge is 1.00 e. The summed E-state index contributed by atoms with van der Waals surface area (Å²) in [6.45, 7) is 1.32. The monoisotopic (exact) mass is 399 g/mol. The van der Waals surface area contributed by atoms with Crippen LogP contribution in [0.1, 0.15) is 5.56 Å². The molecule has 0 bridgehead atoms. The number of aromatic amines is 1. The number of hydrogen-bond donors (Lipinski definition) is 1. The molecule has 0 unspecified atom stereocenters. The van der Waals surface area contributed by atoms with Crippen LogP contribution in [0.2, 0.25) is 0 Å². The molecule has 0 saturated carbocycles. The molecule has 21 heavy (non-hydrogen) atoms. The molecule has 1 aromatic heterocycles. The first-order valence-corrected chi connectivity index (χ1v) is 6.50. The van der Waals surface area contributed by atoms with Crippen molar-refractivity contribution in [1.29, 1.82) is 0 Å². The summed E-state index contributed by atoms with van der Waals surface area (Å²) in [7, 11) is 4.06. The second kappa shape index (κ2) is 6.90. The Kier molecular flexibility index (Phi) is 5.18. The lowest BCUT2D eigenvalue weighted by Gasteiger charge is -2.11. The van der Waals surface area contributed by atoms with Crippen molar-refractivity contribution in [1.82, 2.24) is 4.98 Å². The van der Waals surface area contributed by atoms with Crippen molar-refractivity contribution in [3.05, 3.63) is 42.2 Å². The molecule has 1 aliphatic rings. The van der Waals surface area contributed by atoms with Gasteiger partial charge in [-0.1, -0.05) is 35.3 Å². The van der Waals surface area contributed by atoms with Gasteiger partial charge in [0.2, 0.25) is 6.33 Å². The molecule has 0 saturated heterocycles. The van der Waals surface area contributed by atoms with Crippen LogP contribution in [0.15, 0.2) is 36.7 Å². The maximum Gasteiger partial charge on any atom is 0.256 e. The Morgan fingerprint density at radius 1 is 1.24 bits per heavy atom. The molecule has 1 aliphatic heterocycles. The zero-order valence-electron chi connectivity index (χ0n) is 12.0. The van der Waals surface area contributed by atoms with Crippen molar-refractivity contribution in [3.8, 4) is 0 Å². The van der Waals surface area contributed by atoms with Crippen LogP contribution in [0.3, 0.4) is 0 Å². The third-order valence-electron chi connectivity index (χ3n) is 3.28. The standard InChI is InChI=1S/C14H17N5O.HI/c1-18-10-19(2)14-12(18)13(15-9-16-14)17-20-8-11-6-4-3-5-7-11;/h3-7,9H,8,10H2,1-2H3,(H,15,16,17);1H. The number of halogens is 1. The fourth-order valence-corrected chi connectivity index (χ4v) is 2.35. The second-order valence-corrected chi connectivity index (χ2v) is 4.86. The number of nitrogens with zero attached hydrogens (tertiary/aromatic N) is 3. The number of rotatable bonds is 4. The third kappa shape index (κ3) is 3.35. The number of aromatic nitrogens is 2. The van der Waals surface area contributed by atoms with Gasteiger partial charge in [0.05, 0.1) is 13.7 Å². The predicted octanol–water partition coefficient (Wildman–Crippen LogP) is -1.71. The van der Waals surface area contributed by atoms with E-state index >= 15 is 0 Å². The average molecular weight is 399 g/mol. The molecule has 0 fully saturated rings. The number of hydrogen-bond acceptors (Lipinski definition) is 5. The van der Waals surface area contributed by atoms with Crippen LogP contribution in [-0.2, 0) is 11.4 Å². The summed E-state index contributed by atoms with van der Waals surface area (Å²) < 4.78 is 0. The first kappa shape index (κ1) is 15.8. The number of fused-ring (bicyclic) bond motifs is 1. The second-order valence-electron chi connectivity index (χ2n) is 4.86. The van der Waals surface area contributed by atoms with Crippen molar-refractivity contribution in [2.24, 2.45) is 0 Å². The van der Waals surface area contributed by atoms with Gasteiger partial charge in [0.25, 0.3) is 11.6 Å². The Bertz CT molecular complexity index is 595. The van der Waals surface area contributed by atoms with Gasteiger partial charge in [0, 0.05) is 7.05 Å². The van der Waals surface area contributed by atoms with Crippen LogP contribution in [-0.4, -0.2) is 25.7 Å². The van der Waals surface area contributed by atoms with Crippen LogP contribution in [0.25, 0.3) is 0 Å². The Hall–Kier alpha value is -1.61. The molecule has 2 heterocycles. The molecule has 0 amide bonds. The summed E-state index contributed by atoms with van der Waals surface area (Å²) in [4.78, 5) is 17.2. The van der Waals surface area contributed by atoms with Gasteiger partial charge in [-0.05, 0) is 5.56 Å². The molecule has 6 nitrogen and oxygen atoms in total. The van der Waals surface area contributed by atoms with E-state index in [0.717, 1.165) is 29.6 Å². The van der Waals surface area contributed by atoms with Crippen LogP contribution >= 0.6 is 0 Å². The summed E-state index contributed by atoms with van der Waals surface area (Å²) in [6.07, 6.45) is 1.67. The highest BCUT2D eigenvalue weighted by molar-refractivity contribution is 5.79. The number of benzene rings is 1. The van der Waals surface area contributed by atoms with E-state index in [1.807, 2.05) is 44.4 Å². The fourth-order valence-electron chi connectivity index (χ4n) is 2.35. The molecular weight excluding hydrogens is 381 g/mol. The highest BCUT2D eigenvalue weighted by Gasteiger charge is 2.31. The fraction of sp³-hybridized carbons (Fsp3) is 0.286. The Balaban J connectivity index is 0.00000161. The van der Waals surface area contributed by atoms with Crippen LogP contribution in [0.4, 0.5) is 17.3 Å². The van der Waals surface area contributed by atoms with Crippen molar-refractivity contribution in [3.63, 3.8) is 0 Å². The first-order chi connectivity index (χ1) is 9.75. The molecule has 0 atom stereocenters. The minimum Gasteiger partial charge on any atom is -1.00 e. The summed E-state index contributed by atoms with van der Waals surface area (Å²) in [5, 5.41) is 0. The van der Waals surface area contributed by atoms with Crippen LogP contribution in [0, 0.1) is 0 Å². The van der Waals surface area contributed by atoms with E-state index in [1.165, 1.54) is 0 Å². The van der Waals surface area contributed by atoms with E-state index in [9.17, 15) is 0 Å². The van der Waals surface area contributed by atoms with E-state index in [4.69, 9.17) is 4.84 Å². The Labute approximate surface area is 141 Å². The van der Waals surface area contributed by atoms with Gasteiger partial charge in [-0.3, -0.25) is 9.74 Å². The normalized spacial score (nSPS) is 12.9. The zero-order valence-corrected chi connectivity index (χ0v) is 14.2. The molecule has 1 aromatic carbocycles. The minimum absolute atomic E-state index is 0. The van der Waals surface area contributed by atoms with E-state index in [1.54, 1.807) is 6.33 Å². The van der Waals surface area contributed by atoms with Crippen LogP contribution < -0.4 is 44.2 Å². The lowest BCUT2D eigenvalue weighted by molar-refractivity contribution is -0.366. The predicted molar refractivity (Wildman–Crippen MR) is 77.3 cm³/mol. The van der Waals surface area contributed by atoms with Crippen molar-refractivity contribution in [2.45, 2.75) is 6.61 Å². The number of anilines is 3. The van der Waals surface area contributed by atoms with Gasteiger partial charge in [-0.15, -0.1) is 0 Å². The van der Waals surface area contributed by atoms with Gasteiger partial charge in [0.1, 0.15) is 6.67 Å². The molecule has 0 radical (unpaired) electrons. The molecule has 3 rings (SSSR count).